The van der Waals surface area contributed by atoms with E-state index in [0.717, 1.165) is 61.8 Å². The molecule has 1 saturated heterocycles. The minimum Gasteiger partial charge on any atom is -0.493 e. The predicted molar refractivity (Wildman–Crippen MR) is 189 cm³/mol. The lowest BCUT2D eigenvalue weighted by molar-refractivity contribution is 0.116. The Morgan fingerprint density at radius 1 is 0.979 bits per heavy atom. The van der Waals surface area contributed by atoms with E-state index in [-0.39, 0.29) is 29.8 Å². The number of nitrogens with one attached hydrogen (secondary N) is 1. The molecule has 4 aromatic rings. The van der Waals surface area contributed by atoms with Crippen molar-refractivity contribution in [1.29, 1.82) is 0 Å². The van der Waals surface area contributed by atoms with E-state index in [1.165, 1.54) is 0 Å². The normalized spacial score (nSPS) is 20.4. The quantitative estimate of drug-likeness (QED) is 0.175. The van der Waals surface area contributed by atoms with Crippen molar-refractivity contribution in [3.05, 3.63) is 30.9 Å². The fourth-order valence-electron chi connectivity index (χ4n) is 6.56. The molecule has 2 fully saturated rings. The minimum absolute atomic E-state index is 0.0196. The second kappa shape index (κ2) is 13.6. The zero-order chi connectivity index (χ0) is 34.2. The molecule has 14 heteroatoms. The Morgan fingerprint density at radius 3 is 2.31 bits per heavy atom. The molecule has 4 heterocycles. The molecule has 48 heavy (non-hydrogen) atoms. The molecule has 1 saturated carbocycles. The molecule has 0 bridgehead atoms. The minimum atomic E-state index is -1.84. The monoisotopic (exact) mass is 678 g/mol. The lowest BCUT2D eigenvalue weighted by atomic mass is 9.93. The van der Waals surface area contributed by atoms with Crippen LogP contribution in [-0.4, -0.2) is 89.4 Å². The van der Waals surface area contributed by atoms with Gasteiger partial charge in [0.25, 0.3) is 0 Å². The first-order valence-electron chi connectivity index (χ1n) is 16.9. The number of hydrogen-bond acceptors (Lipinski definition) is 11. The summed E-state index contributed by atoms with van der Waals surface area (Å²) < 4.78 is 27.3. The smallest absolute Gasteiger partial charge is 0.229 e. The van der Waals surface area contributed by atoms with Gasteiger partial charge in [0.05, 0.1) is 63.5 Å². The van der Waals surface area contributed by atoms with E-state index in [0.29, 0.717) is 34.8 Å². The first-order chi connectivity index (χ1) is 23.0. The maximum Gasteiger partial charge on any atom is 0.229 e. The Hall–Kier alpha value is -3.88. The predicted octanol–water partition coefficient (Wildman–Crippen LogP) is 6.25. The summed E-state index contributed by atoms with van der Waals surface area (Å²) >= 11 is 0. The number of methoxy groups -OCH3 is 3. The summed E-state index contributed by atoms with van der Waals surface area (Å²) in [6.07, 6.45) is 11.6. The molecule has 2 N–H and O–H groups in total. The van der Waals surface area contributed by atoms with Crippen LogP contribution in [0.1, 0.15) is 65.3 Å². The van der Waals surface area contributed by atoms with Gasteiger partial charge in [-0.2, -0.15) is 15.1 Å². The van der Waals surface area contributed by atoms with Gasteiger partial charge in [0.1, 0.15) is 18.0 Å². The van der Waals surface area contributed by atoms with E-state index >= 15 is 0 Å². The second-order valence-electron chi connectivity index (χ2n) is 14.4. The summed E-state index contributed by atoms with van der Waals surface area (Å²) in [4.78, 5) is 16.8. The third-order valence-corrected chi connectivity index (χ3v) is 14.9. The summed E-state index contributed by atoms with van der Waals surface area (Å²) in [5.41, 5.74) is 1.58. The van der Waals surface area contributed by atoms with Crippen molar-refractivity contribution in [3.8, 4) is 22.9 Å². The molecule has 260 valence electrons. The molecular weight excluding hydrogens is 629 g/mol. The Kier molecular flexibility index (Phi) is 9.60. The average molecular weight is 679 g/mol. The lowest BCUT2D eigenvalue weighted by Crippen LogP contribution is -2.44. The first kappa shape index (κ1) is 34.0. The van der Waals surface area contributed by atoms with Crippen LogP contribution in [0, 0.1) is 0 Å². The fourth-order valence-corrected chi connectivity index (χ4v) is 7.98. The summed E-state index contributed by atoms with van der Waals surface area (Å²) in [6, 6.07) is 3.93. The summed E-state index contributed by atoms with van der Waals surface area (Å²) in [6.45, 7) is 12.4. The molecule has 1 aliphatic carbocycles. The van der Waals surface area contributed by atoms with Crippen LogP contribution in [0.25, 0.3) is 16.7 Å². The molecule has 1 aromatic carbocycles. The summed E-state index contributed by atoms with van der Waals surface area (Å²) in [5, 5.41) is 19.5. The molecule has 2 aliphatic rings. The van der Waals surface area contributed by atoms with Gasteiger partial charge in [-0.3, -0.25) is 0 Å². The number of rotatable bonds is 11. The highest BCUT2D eigenvalue weighted by Gasteiger charge is 2.40. The van der Waals surface area contributed by atoms with E-state index in [2.05, 4.69) is 53.7 Å². The number of nitrogens with zero attached hydrogens (tertiary/aromatic N) is 7. The topological polar surface area (TPSA) is 134 Å². The van der Waals surface area contributed by atoms with Crippen LogP contribution in [0.4, 0.5) is 17.6 Å². The molecule has 0 amide bonds. The number of aliphatic hydroxyl groups excluding tert-OH is 1. The van der Waals surface area contributed by atoms with Crippen LogP contribution in [0.15, 0.2) is 30.9 Å². The molecule has 1 aliphatic heterocycles. The highest BCUT2D eigenvalue weighted by Crippen LogP contribution is 2.42. The van der Waals surface area contributed by atoms with Gasteiger partial charge in [-0.25, -0.2) is 9.67 Å². The van der Waals surface area contributed by atoms with Gasteiger partial charge in [0.2, 0.25) is 11.7 Å². The van der Waals surface area contributed by atoms with Gasteiger partial charge in [-0.15, -0.1) is 0 Å². The fraction of sp³-hybridized carbons (Fsp3) is 0.588. The highest BCUT2D eigenvalue weighted by molar-refractivity contribution is 6.74. The van der Waals surface area contributed by atoms with E-state index in [1.807, 2.05) is 29.1 Å². The van der Waals surface area contributed by atoms with Crippen LogP contribution in [0.3, 0.4) is 0 Å². The SMILES string of the molecule is COc1cc(-n2cnc(Nc3nc(N4CCCC4CO)nc4c3cnn4C3CCC(O[Si](C)(C)C(C)(C)C)CC3)c2)cc(OC)c1OC. The number of imidazole rings is 1. The number of aromatic nitrogens is 6. The average Bonchev–Trinajstić information content (AvgIpc) is 3.84. The van der Waals surface area contributed by atoms with Gasteiger partial charge in [0, 0.05) is 24.8 Å². The number of aliphatic hydroxyl groups is 1. The first-order valence-corrected chi connectivity index (χ1v) is 19.8. The van der Waals surface area contributed by atoms with Gasteiger partial charge < -0.3 is 38.5 Å². The van der Waals surface area contributed by atoms with E-state index in [1.54, 1.807) is 27.7 Å². The number of ether oxygens (including phenoxy) is 3. The molecule has 0 spiro atoms. The zero-order valence-electron chi connectivity index (χ0n) is 29.5. The van der Waals surface area contributed by atoms with E-state index < -0.39 is 8.32 Å². The molecular formula is C34H50N8O5Si. The van der Waals surface area contributed by atoms with Crippen molar-refractivity contribution in [2.75, 3.05) is 44.7 Å². The second-order valence-corrected chi connectivity index (χ2v) is 19.1. The lowest BCUT2D eigenvalue weighted by Gasteiger charge is -2.41. The number of anilines is 3. The van der Waals surface area contributed by atoms with Crippen LogP contribution in [0.2, 0.25) is 18.1 Å². The third kappa shape index (κ3) is 6.57. The van der Waals surface area contributed by atoms with Crippen LogP contribution in [-0.2, 0) is 4.43 Å². The zero-order valence-corrected chi connectivity index (χ0v) is 30.5. The molecule has 1 unspecified atom stereocenters. The van der Waals surface area contributed by atoms with Crippen molar-refractivity contribution < 1.29 is 23.7 Å². The van der Waals surface area contributed by atoms with Crippen LogP contribution >= 0.6 is 0 Å². The van der Waals surface area contributed by atoms with Crippen molar-refractivity contribution in [3.63, 3.8) is 0 Å². The van der Waals surface area contributed by atoms with E-state index in [9.17, 15) is 5.11 Å². The van der Waals surface area contributed by atoms with Crippen LogP contribution < -0.4 is 24.4 Å². The number of fused-ring (bicyclic) bond motifs is 1. The Labute approximate surface area is 283 Å². The van der Waals surface area contributed by atoms with Gasteiger partial charge in [-0.1, -0.05) is 20.8 Å². The van der Waals surface area contributed by atoms with Gasteiger partial charge >= 0.3 is 0 Å². The van der Waals surface area contributed by atoms with E-state index in [4.69, 9.17) is 33.7 Å². The maximum atomic E-state index is 10.1. The molecule has 13 nitrogen and oxygen atoms in total. The Morgan fingerprint density at radius 2 is 1.69 bits per heavy atom. The Bertz CT molecular complexity index is 1700. The van der Waals surface area contributed by atoms with Crippen molar-refractivity contribution in [1.82, 2.24) is 29.3 Å². The van der Waals surface area contributed by atoms with Crippen molar-refractivity contribution >= 4 is 36.9 Å². The number of benzene rings is 1. The molecule has 1 atom stereocenters. The van der Waals surface area contributed by atoms with Gasteiger partial charge in [0.15, 0.2) is 25.5 Å². The highest BCUT2D eigenvalue weighted by atomic mass is 28.4. The molecule has 0 radical (unpaired) electrons. The molecule has 6 rings (SSSR count). The van der Waals surface area contributed by atoms with Crippen molar-refractivity contribution in [2.24, 2.45) is 0 Å². The van der Waals surface area contributed by atoms with Gasteiger partial charge in [-0.05, 0) is 56.7 Å². The van der Waals surface area contributed by atoms with Crippen LogP contribution in [0.5, 0.6) is 17.2 Å². The standard InChI is InChI=1S/C34H50N8O5Si/c1-34(2,3)48(7,8)47-25-13-11-22(12-14-25)42-32-26(18-36-42)31(38-33(39-32)41-15-9-10-23(41)20-43)37-29-19-40(21-35-29)24-16-27(44-4)30(46-6)28(17-24)45-5/h16-19,21-23,25,43H,9-15,20H2,1-8H3,(H,37,38,39). The van der Waals surface area contributed by atoms with Crippen molar-refractivity contribution in [2.45, 2.75) is 95.6 Å². The third-order valence-electron chi connectivity index (χ3n) is 10.3. The summed E-state index contributed by atoms with van der Waals surface area (Å²) in [7, 11) is 2.93. The largest absolute Gasteiger partial charge is 0.493 e. The summed E-state index contributed by atoms with van der Waals surface area (Å²) in [5.74, 6) is 3.43. The maximum absolute atomic E-state index is 10.1. The number of hydrogen-bond donors (Lipinski definition) is 2. The Balaban J connectivity index is 1.30. The molecule has 3 aromatic heterocycles.